The molecule has 0 bridgehead atoms. The van der Waals surface area contributed by atoms with Crippen molar-refractivity contribution in [2.45, 2.75) is 31.6 Å². The summed E-state index contributed by atoms with van der Waals surface area (Å²) in [6.45, 7) is 4.50. The predicted octanol–water partition coefficient (Wildman–Crippen LogP) is 3.92. The fourth-order valence-electron chi connectivity index (χ4n) is 2.80. The summed E-state index contributed by atoms with van der Waals surface area (Å²) in [5.41, 5.74) is 2.43. The molecule has 0 unspecified atom stereocenters. The number of fused-ring (bicyclic) bond motifs is 1. The Morgan fingerprint density at radius 3 is 2.84 bits per heavy atom. The van der Waals surface area contributed by atoms with E-state index in [9.17, 15) is 4.79 Å². The van der Waals surface area contributed by atoms with Crippen LogP contribution in [0.1, 0.15) is 26.0 Å². The smallest absolute Gasteiger partial charge is 0.277 e. The molecule has 0 aliphatic carbocycles. The first-order valence-electron chi connectivity index (χ1n) is 8.10. The van der Waals surface area contributed by atoms with Gasteiger partial charge in [0.2, 0.25) is 0 Å². The Labute approximate surface area is 154 Å². The van der Waals surface area contributed by atoms with E-state index in [0.717, 1.165) is 34.4 Å². The Morgan fingerprint density at radius 1 is 1.36 bits per heavy atom. The number of hydrogen-bond donors (Lipinski definition) is 1. The number of benzene rings is 1. The molecule has 0 fully saturated rings. The molecule has 0 amide bonds. The molecule has 0 aliphatic heterocycles. The third-order valence-corrected chi connectivity index (χ3v) is 4.81. The minimum atomic E-state index is -0.219. The lowest BCUT2D eigenvalue weighted by molar-refractivity contribution is 0.341. The van der Waals surface area contributed by atoms with Crippen LogP contribution in [-0.4, -0.2) is 26.4 Å². The standard InChI is InChI=1S/C17H19ClN4O2S/c1-4-6-12-14-15(22(3)21-12)17(23)20-16(19-14)11-9-10(25-18)7-8-13(11)24-5-2/h7-9H,4-6H2,1-3H3,(H,19,20,23). The van der Waals surface area contributed by atoms with Crippen molar-refractivity contribution >= 4 is 32.7 Å². The molecular weight excluding hydrogens is 360 g/mol. The number of nitrogens with zero attached hydrogens (tertiary/aromatic N) is 3. The van der Waals surface area contributed by atoms with Crippen LogP contribution < -0.4 is 10.3 Å². The molecule has 1 aromatic carbocycles. The highest BCUT2D eigenvalue weighted by atomic mass is 35.7. The fourth-order valence-corrected chi connectivity index (χ4v) is 3.37. The first-order valence-corrected chi connectivity index (χ1v) is 9.75. The van der Waals surface area contributed by atoms with Gasteiger partial charge in [-0.15, -0.1) is 0 Å². The van der Waals surface area contributed by atoms with Crippen molar-refractivity contribution in [3.63, 3.8) is 0 Å². The molecule has 0 radical (unpaired) electrons. The number of ether oxygens (including phenoxy) is 1. The van der Waals surface area contributed by atoms with Crippen molar-refractivity contribution < 1.29 is 4.74 Å². The van der Waals surface area contributed by atoms with Crippen LogP contribution in [0.3, 0.4) is 0 Å². The number of rotatable bonds is 6. The van der Waals surface area contributed by atoms with E-state index in [-0.39, 0.29) is 5.56 Å². The van der Waals surface area contributed by atoms with Crippen LogP contribution in [0.5, 0.6) is 5.75 Å². The Balaban J connectivity index is 2.25. The second-order valence-electron chi connectivity index (χ2n) is 5.60. The molecule has 0 saturated carbocycles. The number of nitrogens with one attached hydrogen (secondary N) is 1. The van der Waals surface area contributed by atoms with Gasteiger partial charge in [-0.05, 0) is 53.2 Å². The second-order valence-corrected chi connectivity index (χ2v) is 6.69. The molecule has 0 aliphatic rings. The van der Waals surface area contributed by atoms with Gasteiger partial charge in [0.1, 0.15) is 17.1 Å². The highest BCUT2D eigenvalue weighted by molar-refractivity contribution is 8.21. The molecule has 1 N–H and O–H groups in total. The van der Waals surface area contributed by atoms with Crippen molar-refractivity contribution in [2.75, 3.05) is 6.61 Å². The van der Waals surface area contributed by atoms with Gasteiger partial charge in [0.05, 0.1) is 17.9 Å². The SMILES string of the molecule is CCCc1nn(C)c2c(=O)[nH]c(-c3cc(SCl)ccc3OCC)nc12. The number of aromatic nitrogens is 4. The van der Waals surface area contributed by atoms with E-state index in [4.69, 9.17) is 20.4 Å². The van der Waals surface area contributed by atoms with Crippen LogP contribution in [0.15, 0.2) is 27.9 Å². The quantitative estimate of drug-likeness (QED) is 0.703. The van der Waals surface area contributed by atoms with Gasteiger partial charge in [0.25, 0.3) is 5.56 Å². The van der Waals surface area contributed by atoms with Crippen LogP contribution in [0.4, 0.5) is 0 Å². The van der Waals surface area contributed by atoms with Crippen molar-refractivity contribution in [2.24, 2.45) is 7.05 Å². The minimum absolute atomic E-state index is 0.219. The molecule has 2 heterocycles. The molecule has 3 rings (SSSR count). The molecule has 3 aromatic rings. The van der Waals surface area contributed by atoms with E-state index in [1.807, 2.05) is 25.1 Å². The zero-order valence-electron chi connectivity index (χ0n) is 14.3. The fraction of sp³-hybridized carbons (Fsp3) is 0.353. The minimum Gasteiger partial charge on any atom is -0.493 e. The maximum absolute atomic E-state index is 12.6. The average molecular weight is 379 g/mol. The normalized spacial score (nSPS) is 11.2. The average Bonchev–Trinajstić information content (AvgIpc) is 2.92. The summed E-state index contributed by atoms with van der Waals surface area (Å²) in [5, 5.41) is 4.45. The molecule has 132 valence electrons. The third-order valence-electron chi connectivity index (χ3n) is 3.84. The zero-order valence-corrected chi connectivity index (χ0v) is 15.9. The summed E-state index contributed by atoms with van der Waals surface area (Å²) in [5.74, 6) is 1.11. The van der Waals surface area contributed by atoms with E-state index in [1.54, 1.807) is 11.7 Å². The van der Waals surface area contributed by atoms with Crippen molar-refractivity contribution in [1.82, 2.24) is 19.7 Å². The van der Waals surface area contributed by atoms with Crippen molar-refractivity contribution in [1.29, 1.82) is 0 Å². The van der Waals surface area contributed by atoms with E-state index >= 15 is 0 Å². The number of hydrogen-bond acceptors (Lipinski definition) is 5. The van der Waals surface area contributed by atoms with Gasteiger partial charge in [-0.1, -0.05) is 13.3 Å². The van der Waals surface area contributed by atoms with Gasteiger partial charge in [-0.25, -0.2) is 4.98 Å². The molecule has 25 heavy (non-hydrogen) atoms. The number of aromatic amines is 1. The lowest BCUT2D eigenvalue weighted by Gasteiger charge is -2.11. The largest absolute Gasteiger partial charge is 0.493 e. The zero-order chi connectivity index (χ0) is 18.0. The summed E-state index contributed by atoms with van der Waals surface area (Å²) >= 11 is 0. The number of halogens is 1. The topological polar surface area (TPSA) is 72.8 Å². The Hall–Kier alpha value is -1.99. The van der Waals surface area contributed by atoms with Crippen molar-refractivity contribution in [3.8, 4) is 17.1 Å². The van der Waals surface area contributed by atoms with Crippen LogP contribution in [-0.2, 0) is 13.5 Å². The summed E-state index contributed by atoms with van der Waals surface area (Å²) in [7, 11) is 8.75. The van der Waals surface area contributed by atoms with E-state index in [2.05, 4.69) is 17.0 Å². The molecule has 0 saturated heterocycles. The van der Waals surface area contributed by atoms with Crippen LogP contribution in [0.25, 0.3) is 22.4 Å². The molecule has 2 aromatic heterocycles. The highest BCUT2D eigenvalue weighted by Crippen LogP contribution is 2.34. The van der Waals surface area contributed by atoms with Gasteiger partial charge in [-0.2, -0.15) is 5.10 Å². The molecule has 0 atom stereocenters. The Bertz CT molecular complexity index is 967. The van der Waals surface area contributed by atoms with Gasteiger partial charge < -0.3 is 9.72 Å². The lowest BCUT2D eigenvalue weighted by atomic mass is 10.1. The molecular formula is C17H19ClN4O2S. The number of aryl methyl sites for hydroxylation is 2. The summed E-state index contributed by atoms with van der Waals surface area (Å²) in [4.78, 5) is 21.0. The molecule has 8 heteroatoms. The van der Waals surface area contributed by atoms with Gasteiger partial charge in [-0.3, -0.25) is 9.48 Å². The summed E-state index contributed by atoms with van der Waals surface area (Å²) in [6.07, 6.45) is 1.70. The first kappa shape index (κ1) is 17.8. The van der Waals surface area contributed by atoms with Crippen molar-refractivity contribution in [3.05, 3.63) is 34.2 Å². The molecule has 0 spiro atoms. The first-order chi connectivity index (χ1) is 12.1. The Kier molecular flexibility index (Phi) is 5.34. The highest BCUT2D eigenvalue weighted by Gasteiger charge is 2.17. The number of H-pyrrole nitrogens is 1. The van der Waals surface area contributed by atoms with Gasteiger partial charge in [0.15, 0.2) is 5.52 Å². The van der Waals surface area contributed by atoms with Gasteiger partial charge in [0, 0.05) is 11.9 Å². The maximum atomic E-state index is 12.6. The monoisotopic (exact) mass is 378 g/mol. The van der Waals surface area contributed by atoms with Gasteiger partial charge >= 0.3 is 0 Å². The summed E-state index contributed by atoms with van der Waals surface area (Å²) in [6, 6.07) is 5.57. The maximum Gasteiger partial charge on any atom is 0.277 e. The third kappa shape index (κ3) is 3.39. The van der Waals surface area contributed by atoms with Crippen LogP contribution in [0, 0.1) is 0 Å². The predicted molar refractivity (Wildman–Crippen MR) is 101 cm³/mol. The van der Waals surface area contributed by atoms with E-state index < -0.39 is 0 Å². The van der Waals surface area contributed by atoms with Crippen LogP contribution in [0.2, 0.25) is 0 Å². The summed E-state index contributed by atoms with van der Waals surface area (Å²) < 4.78 is 7.28. The van der Waals surface area contributed by atoms with E-state index in [1.165, 1.54) is 0 Å². The Morgan fingerprint density at radius 2 is 2.16 bits per heavy atom. The van der Waals surface area contributed by atoms with Crippen LogP contribution >= 0.6 is 21.7 Å². The second kappa shape index (κ2) is 7.49. The molecule has 6 nitrogen and oxygen atoms in total. The van der Waals surface area contributed by atoms with E-state index in [0.29, 0.717) is 34.8 Å². The lowest BCUT2D eigenvalue weighted by Crippen LogP contribution is -2.12.